The van der Waals surface area contributed by atoms with Crippen molar-refractivity contribution in [3.8, 4) is 0 Å². The molecule has 1 unspecified atom stereocenters. The molecule has 3 aromatic heterocycles. The van der Waals surface area contributed by atoms with Crippen LogP contribution in [-0.4, -0.2) is 48.8 Å². The van der Waals surface area contributed by atoms with E-state index >= 15 is 0 Å². The van der Waals surface area contributed by atoms with E-state index in [1.54, 1.807) is 31.7 Å². The van der Waals surface area contributed by atoms with Gasteiger partial charge in [0.05, 0.1) is 12.1 Å². The molecule has 0 bridgehead atoms. The van der Waals surface area contributed by atoms with Gasteiger partial charge in [0.25, 0.3) is 0 Å². The normalized spacial score (nSPS) is 17.4. The Bertz CT molecular complexity index is 1090. The topological polar surface area (TPSA) is 89.4 Å². The molecule has 1 atom stereocenters. The molecule has 160 valence electrons. The molecule has 0 radical (unpaired) electrons. The third-order valence-electron chi connectivity index (χ3n) is 5.37. The van der Waals surface area contributed by atoms with E-state index < -0.39 is 11.9 Å². The first-order chi connectivity index (χ1) is 14.1. The van der Waals surface area contributed by atoms with Crippen molar-refractivity contribution in [2.75, 3.05) is 13.1 Å². The highest BCUT2D eigenvalue weighted by molar-refractivity contribution is 5.78. The van der Waals surface area contributed by atoms with Gasteiger partial charge < -0.3 is 4.90 Å². The number of nitrogens with zero attached hydrogens (tertiary/aromatic N) is 6. The number of alkyl halides is 3. The van der Waals surface area contributed by atoms with Gasteiger partial charge in [-0.05, 0) is 25.3 Å². The van der Waals surface area contributed by atoms with Crippen LogP contribution in [0.15, 0.2) is 16.8 Å². The molecule has 1 amide bonds. The fraction of sp³-hybridized carbons (Fsp3) is 0.526. The maximum atomic E-state index is 13.6. The molecule has 8 nitrogen and oxygen atoms in total. The number of carbonyl (C=O) groups excluding carboxylic acids is 1. The van der Waals surface area contributed by atoms with Crippen molar-refractivity contribution in [3.63, 3.8) is 0 Å². The molecule has 0 saturated carbocycles. The highest BCUT2D eigenvalue weighted by atomic mass is 19.4. The molecule has 11 heteroatoms. The highest BCUT2D eigenvalue weighted by Gasteiger charge is 2.36. The molecule has 1 aliphatic rings. The fourth-order valence-corrected chi connectivity index (χ4v) is 3.60. The number of fused-ring (bicyclic) bond motifs is 1. The molecular formula is C19H21F3N6O2. The maximum absolute atomic E-state index is 13.6. The zero-order valence-corrected chi connectivity index (χ0v) is 16.8. The first kappa shape index (κ1) is 20.3. The zero-order valence-electron chi connectivity index (χ0n) is 16.8. The summed E-state index contributed by atoms with van der Waals surface area (Å²) in [7, 11) is 0. The Morgan fingerprint density at radius 1 is 1.30 bits per heavy atom. The Labute approximate surface area is 170 Å². The predicted molar refractivity (Wildman–Crippen MR) is 98.8 cm³/mol. The lowest BCUT2D eigenvalue weighted by Crippen LogP contribution is -2.30. The van der Waals surface area contributed by atoms with Crippen LogP contribution >= 0.6 is 0 Å². The number of aryl methyl sites for hydroxylation is 1. The molecule has 4 rings (SSSR count). The summed E-state index contributed by atoms with van der Waals surface area (Å²) < 4.78 is 46.2. The molecule has 0 N–H and O–H groups in total. The minimum Gasteiger partial charge on any atom is -0.342 e. The summed E-state index contributed by atoms with van der Waals surface area (Å²) in [6.45, 7) is 6.18. The number of carbonyl (C=O) groups is 1. The van der Waals surface area contributed by atoms with E-state index in [1.165, 1.54) is 0 Å². The molecule has 30 heavy (non-hydrogen) atoms. The molecule has 4 heterocycles. The van der Waals surface area contributed by atoms with Gasteiger partial charge in [0.1, 0.15) is 17.1 Å². The molecule has 3 aromatic rings. The van der Waals surface area contributed by atoms with Crippen LogP contribution in [0.3, 0.4) is 0 Å². The van der Waals surface area contributed by atoms with Crippen LogP contribution in [0.1, 0.15) is 60.6 Å². The lowest BCUT2D eigenvalue weighted by Gasteiger charge is -2.15. The standard InChI is InChI=1S/C19H21F3N6O2/c1-10(2)13-6-16(19(20,21)22)28-17(23-13)7-15(24-28)12-4-5-27(9-12)18(29)8-14-11(3)25-30-26-14/h6-7,10,12H,4-5,8-9H2,1-3H3. The average molecular weight is 422 g/mol. The molecule has 0 aromatic carbocycles. The minimum absolute atomic E-state index is 0.0742. The van der Waals surface area contributed by atoms with Crippen LogP contribution in [0.4, 0.5) is 13.2 Å². The van der Waals surface area contributed by atoms with Gasteiger partial charge in [-0.3, -0.25) is 4.79 Å². The lowest BCUT2D eigenvalue weighted by atomic mass is 10.1. The quantitative estimate of drug-likeness (QED) is 0.642. The Morgan fingerprint density at radius 3 is 2.70 bits per heavy atom. The molecule has 0 spiro atoms. The number of likely N-dealkylation sites (tertiary alicyclic amines) is 1. The van der Waals surface area contributed by atoms with Crippen molar-refractivity contribution in [2.24, 2.45) is 0 Å². The number of aromatic nitrogens is 5. The van der Waals surface area contributed by atoms with Gasteiger partial charge in [0.2, 0.25) is 5.91 Å². The van der Waals surface area contributed by atoms with Gasteiger partial charge in [-0.25, -0.2) is 14.1 Å². The smallest absolute Gasteiger partial charge is 0.342 e. The fourth-order valence-electron chi connectivity index (χ4n) is 3.60. The molecule has 1 aliphatic heterocycles. The van der Waals surface area contributed by atoms with Gasteiger partial charge in [-0.15, -0.1) is 0 Å². The van der Waals surface area contributed by atoms with E-state index in [-0.39, 0.29) is 29.8 Å². The van der Waals surface area contributed by atoms with Crippen molar-refractivity contribution in [1.82, 2.24) is 29.8 Å². The van der Waals surface area contributed by atoms with E-state index in [0.717, 1.165) is 10.6 Å². The van der Waals surface area contributed by atoms with Crippen molar-refractivity contribution in [3.05, 3.63) is 40.6 Å². The van der Waals surface area contributed by atoms with Gasteiger partial charge in [-0.1, -0.05) is 24.2 Å². The van der Waals surface area contributed by atoms with E-state index in [0.29, 0.717) is 42.3 Å². The highest BCUT2D eigenvalue weighted by Crippen LogP contribution is 2.33. The molecule has 1 saturated heterocycles. The Kier molecular flexibility index (Phi) is 4.99. The van der Waals surface area contributed by atoms with Gasteiger partial charge >= 0.3 is 6.18 Å². The third-order valence-corrected chi connectivity index (χ3v) is 5.37. The van der Waals surface area contributed by atoms with Crippen molar-refractivity contribution < 1.29 is 22.6 Å². The van der Waals surface area contributed by atoms with E-state index in [9.17, 15) is 18.0 Å². The van der Waals surface area contributed by atoms with Gasteiger partial charge in [0.15, 0.2) is 5.65 Å². The van der Waals surface area contributed by atoms with Crippen LogP contribution < -0.4 is 0 Å². The Balaban J connectivity index is 1.58. The Hall–Kier alpha value is -2.98. The molecular weight excluding hydrogens is 401 g/mol. The first-order valence-electron chi connectivity index (χ1n) is 9.67. The van der Waals surface area contributed by atoms with Crippen molar-refractivity contribution >= 4 is 11.6 Å². The van der Waals surface area contributed by atoms with Gasteiger partial charge in [-0.2, -0.15) is 18.3 Å². The van der Waals surface area contributed by atoms with Gasteiger partial charge in [0, 0.05) is 30.8 Å². The predicted octanol–water partition coefficient (Wildman–Crippen LogP) is 3.12. The summed E-state index contributed by atoms with van der Waals surface area (Å²) in [6, 6.07) is 2.64. The summed E-state index contributed by atoms with van der Waals surface area (Å²) in [5.41, 5.74) is 1.23. The van der Waals surface area contributed by atoms with Crippen LogP contribution in [0.25, 0.3) is 5.65 Å². The SMILES string of the molecule is Cc1nonc1CC(=O)N1CCC(c2cc3nc(C(C)C)cc(C(F)(F)F)n3n2)C1. The van der Waals surface area contributed by atoms with E-state index in [4.69, 9.17) is 0 Å². The van der Waals surface area contributed by atoms with Crippen LogP contribution in [0.2, 0.25) is 0 Å². The second-order valence-electron chi connectivity index (χ2n) is 7.86. The average Bonchev–Trinajstić information content (AvgIpc) is 3.39. The summed E-state index contributed by atoms with van der Waals surface area (Å²) in [5, 5.41) is 11.6. The second-order valence-corrected chi connectivity index (χ2v) is 7.86. The molecule has 1 fully saturated rings. The summed E-state index contributed by atoms with van der Waals surface area (Å²) in [5.74, 6) is -0.435. The largest absolute Gasteiger partial charge is 0.433 e. The number of amides is 1. The molecule has 0 aliphatic carbocycles. The van der Waals surface area contributed by atoms with Crippen LogP contribution in [0.5, 0.6) is 0 Å². The van der Waals surface area contributed by atoms with Crippen molar-refractivity contribution in [2.45, 2.75) is 51.6 Å². The summed E-state index contributed by atoms with van der Waals surface area (Å²) >= 11 is 0. The monoisotopic (exact) mass is 422 g/mol. The number of hydrogen-bond acceptors (Lipinski definition) is 6. The lowest BCUT2D eigenvalue weighted by molar-refractivity contribution is -0.142. The third kappa shape index (κ3) is 3.75. The van der Waals surface area contributed by atoms with Crippen LogP contribution in [-0.2, 0) is 17.4 Å². The van der Waals surface area contributed by atoms with Crippen LogP contribution in [0, 0.1) is 6.92 Å². The number of rotatable bonds is 4. The first-order valence-corrected chi connectivity index (χ1v) is 9.67. The number of halogens is 3. The van der Waals surface area contributed by atoms with E-state index in [2.05, 4.69) is 25.0 Å². The van der Waals surface area contributed by atoms with Crippen molar-refractivity contribution in [1.29, 1.82) is 0 Å². The maximum Gasteiger partial charge on any atom is 0.433 e. The summed E-state index contributed by atoms with van der Waals surface area (Å²) in [4.78, 5) is 18.6. The summed E-state index contributed by atoms with van der Waals surface area (Å²) in [6.07, 6.45) is -3.86. The zero-order chi connectivity index (χ0) is 21.6. The Morgan fingerprint density at radius 2 is 2.07 bits per heavy atom. The number of hydrogen-bond donors (Lipinski definition) is 0. The second kappa shape index (κ2) is 7.37. The minimum atomic E-state index is -4.55. The van der Waals surface area contributed by atoms with E-state index in [1.807, 2.05) is 0 Å².